The van der Waals surface area contributed by atoms with E-state index < -0.39 is 6.10 Å². The van der Waals surface area contributed by atoms with Gasteiger partial charge in [-0.2, -0.15) is 0 Å². The van der Waals surface area contributed by atoms with Crippen LogP contribution in [0.3, 0.4) is 0 Å². The first-order valence-electron chi connectivity index (χ1n) is 7.63. The summed E-state index contributed by atoms with van der Waals surface area (Å²) in [5, 5.41) is 10.6. The third-order valence-corrected chi connectivity index (χ3v) is 5.09. The van der Waals surface area contributed by atoms with Crippen LogP contribution in [0.2, 0.25) is 0 Å². The molecule has 0 fully saturated rings. The van der Waals surface area contributed by atoms with Crippen LogP contribution in [0.15, 0.2) is 52.3 Å². The Bertz CT molecular complexity index is 657. The zero-order valence-corrected chi connectivity index (χ0v) is 13.8. The number of fused-ring (bicyclic) bond motifs is 2. The molecule has 0 amide bonds. The molecule has 0 aliphatic carbocycles. The molecule has 2 N–H and O–H groups in total. The Hall–Kier alpha value is -1.49. The summed E-state index contributed by atoms with van der Waals surface area (Å²) in [5.41, 5.74) is 2.16. The molecule has 2 aromatic rings. The summed E-state index contributed by atoms with van der Waals surface area (Å²) in [6.45, 7) is 1.63. The smallest absolute Gasteiger partial charge is 0.137 e. The third kappa shape index (κ3) is 3.29. The number of ether oxygens (including phenoxy) is 1. The fourth-order valence-corrected chi connectivity index (χ4v) is 3.78. The summed E-state index contributed by atoms with van der Waals surface area (Å²) in [5.74, 6) is 0.875. The van der Waals surface area contributed by atoms with Gasteiger partial charge in [0.1, 0.15) is 18.9 Å². The minimum absolute atomic E-state index is 0.478. The standard InChI is InChI=1S/C18H21NO2S/c1-19(2)10-11-21-16-8-5-7-14-15(20)12-13-6-3-4-9-17(13)22-18(14)16/h3-9,15,20H,10-12H2,1-2H3/p+1/t15-/m0/s1. The van der Waals surface area contributed by atoms with Crippen LogP contribution in [-0.2, 0) is 6.42 Å². The second-order valence-corrected chi connectivity index (χ2v) is 6.96. The van der Waals surface area contributed by atoms with Crippen molar-refractivity contribution in [3.8, 4) is 5.75 Å². The van der Waals surface area contributed by atoms with Gasteiger partial charge in [-0.3, -0.25) is 0 Å². The number of aliphatic hydroxyl groups is 1. The highest BCUT2D eigenvalue weighted by molar-refractivity contribution is 7.99. The molecule has 2 aromatic carbocycles. The average molecular weight is 316 g/mol. The number of hydrogen-bond donors (Lipinski definition) is 2. The first-order chi connectivity index (χ1) is 10.6. The van der Waals surface area contributed by atoms with Crippen molar-refractivity contribution in [3.05, 3.63) is 53.6 Å². The molecule has 1 atom stereocenters. The van der Waals surface area contributed by atoms with Crippen molar-refractivity contribution in [2.45, 2.75) is 22.3 Å². The Balaban J connectivity index is 1.92. The van der Waals surface area contributed by atoms with E-state index in [9.17, 15) is 5.11 Å². The van der Waals surface area contributed by atoms with Crippen LogP contribution < -0.4 is 9.64 Å². The number of quaternary nitrogens is 1. The maximum absolute atomic E-state index is 10.6. The van der Waals surface area contributed by atoms with Gasteiger partial charge in [0.25, 0.3) is 0 Å². The van der Waals surface area contributed by atoms with E-state index in [4.69, 9.17) is 4.74 Å². The SMILES string of the molecule is C[NH+](C)CCOc1cccc2c1Sc1ccccc1C[C@@H]2O. The molecule has 0 aromatic heterocycles. The molecule has 1 heterocycles. The maximum Gasteiger partial charge on any atom is 0.137 e. The van der Waals surface area contributed by atoms with Crippen molar-refractivity contribution in [3.63, 3.8) is 0 Å². The van der Waals surface area contributed by atoms with Gasteiger partial charge in [-0.05, 0) is 23.3 Å². The quantitative estimate of drug-likeness (QED) is 0.905. The van der Waals surface area contributed by atoms with E-state index in [0.29, 0.717) is 13.0 Å². The van der Waals surface area contributed by atoms with Crippen LogP contribution in [-0.4, -0.2) is 32.4 Å². The van der Waals surface area contributed by atoms with Crippen LogP contribution >= 0.6 is 11.8 Å². The first kappa shape index (κ1) is 15.4. The van der Waals surface area contributed by atoms with E-state index in [1.807, 2.05) is 30.3 Å². The van der Waals surface area contributed by atoms with Crippen LogP contribution in [0.5, 0.6) is 5.75 Å². The predicted molar refractivity (Wildman–Crippen MR) is 88.8 cm³/mol. The Morgan fingerprint density at radius 2 is 2.00 bits per heavy atom. The fourth-order valence-electron chi connectivity index (χ4n) is 2.58. The molecule has 22 heavy (non-hydrogen) atoms. The lowest BCUT2D eigenvalue weighted by Crippen LogP contribution is -3.06. The molecular weight excluding hydrogens is 294 g/mol. The Labute approximate surface area is 135 Å². The number of nitrogens with one attached hydrogen (secondary N) is 1. The molecule has 4 heteroatoms. The van der Waals surface area contributed by atoms with Crippen molar-refractivity contribution in [2.24, 2.45) is 0 Å². The zero-order chi connectivity index (χ0) is 15.5. The number of hydrogen-bond acceptors (Lipinski definition) is 3. The van der Waals surface area contributed by atoms with E-state index >= 15 is 0 Å². The van der Waals surface area contributed by atoms with Crippen molar-refractivity contribution in [2.75, 3.05) is 27.2 Å². The van der Waals surface area contributed by atoms with Crippen LogP contribution in [0.1, 0.15) is 17.2 Å². The van der Waals surface area contributed by atoms with Crippen LogP contribution in [0.25, 0.3) is 0 Å². The summed E-state index contributed by atoms with van der Waals surface area (Å²) in [6.07, 6.45) is 0.177. The molecule has 3 rings (SSSR count). The highest BCUT2D eigenvalue weighted by Crippen LogP contribution is 2.45. The second-order valence-electron chi connectivity index (χ2n) is 5.91. The van der Waals surface area contributed by atoms with Crippen molar-refractivity contribution in [1.29, 1.82) is 0 Å². The monoisotopic (exact) mass is 316 g/mol. The minimum Gasteiger partial charge on any atom is -0.487 e. The van der Waals surface area contributed by atoms with Gasteiger partial charge >= 0.3 is 0 Å². The van der Waals surface area contributed by atoms with Crippen molar-refractivity contribution < 1.29 is 14.7 Å². The van der Waals surface area contributed by atoms with Crippen molar-refractivity contribution >= 4 is 11.8 Å². The molecule has 0 radical (unpaired) electrons. The third-order valence-electron chi connectivity index (χ3n) is 3.83. The first-order valence-corrected chi connectivity index (χ1v) is 8.45. The van der Waals surface area contributed by atoms with E-state index in [1.165, 1.54) is 15.4 Å². The number of benzene rings is 2. The van der Waals surface area contributed by atoms with Crippen molar-refractivity contribution in [1.82, 2.24) is 0 Å². The van der Waals surface area contributed by atoms with Gasteiger partial charge in [0, 0.05) is 11.3 Å². The molecule has 0 bridgehead atoms. The number of likely N-dealkylation sites (N-methyl/N-ethyl adjacent to an activating group) is 1. The zero-order valence-electron chi connectivity index (χ0n) is 13.0. The molecule has 1 aliphatic rings. The maximum atomic E-state index is 10.6. The Morgan fingerprint density at radius 1 is 1.18 bits per heavy atom. The second kappa shape index (κ2) is 6.73. The van der Waals surface area contributed by atoms with Crippen LogP contribution in [0.4, 0.5) is 0 Å². The molecule has 0 saturated carbocycles. The summed E-state index contributed by atoms with van der Waals surface area (Å²) < 4.78 is 5.98. The topological polar surface area (TPSA) is 33.9 Å². The molecule has 0 spiro atoms. The van der Waals surface area contributed by atoms with Gasteiger partial charge in [-0.15, -0.1) is 0 Å². The Morgan fingerprint density at radius 3 is 2.82 bits per heavy atom. The average Bonchev–Trinajstić information content (AvgIpc) is 2.64. The molecule has 116 valence electrons. The molecule has 3 nitrogen and oxygen atoms in total. The molecule has 0 saturated heterocycles. The normalized spacial score (nSPS) is 16.8. The van der Waals surface area contributed by atoms with E-state index in [0.717, 1.165) is 22.8 Å². The van der Waals surface area contributed by atoms with Gasteiger partial charge in [-0.25, -0.2) is 0 Å². The number of aliphatic hydroxyl groups excluding tert-OH is 1. The Kier molecular flexibility index (Phi) is 4.71. The summed E-state index contributed by atoms with van der Waals surface area (Å²) >= 11 is 1.70. The number of rotatable bonds is 4. The molecule has 1 aliphatic heterocycles. The van der Waals surface area contributed by atoms with E-state index in [-0.39, 0.29) is 0 Å². The fraction of sp³-hybridized carbons (Fsp3) is 0.333. The summed E-state index contributed by atoms with van der Waals surface area (Å²) in [7, 11) is 4.23. The van der Waals surface area contributed by atoms with E-state index in [2.05, 4.69) is 26.2 Å². The molecular formula is C18H22NO2S+. The lowest BCUT2D eigenvalue weighted by atomic mass is 10.0. The lowest BCUT2D eigenvalue weighted by Gasteiger charge is -2.16. The minimum atomic E-state index is -0.478. The summed E-state index contributed by atoms with van der Waals surface area (Å²) in [4.78, 5) is 3.61. The van der Waals surface area contributed by atoms with Crippen LogP contribution in [0, 0.1) is 0 Å². The van der Waals surface area contributed by atoms with Gasteiger partial charge < -0.3 is 14.7 Å². The van der Waals surface area contributed by atoms with Gasteiger partial charge in [-0.1, -0.05) is 42.1 Å². The van der Waals surface area contributed by atoms with Gasteiger partial charge in [0.2, 0.25) is 0 Å². The van der Waals surface area contributed by atoms with Gasteiger partial charge in [0.05, 0.1) is 25.1 Å². The lowest BCUT2D eigenvalue weighted by molar-refractivity contribution is -0.858. The molecule has 0 unspecified atom stereocenters. The largest absolute Gasteiger partial charge is 0.487 e. The predicted octanol–water partition coefficient (Wildman–Crippen LogP) is 1.95. The van der Waals surface area contributed by atoms with E-state index in [1.54, 1.807) is 11.8 Å². The summed E-state index contributed by atoms with van der Waals surface area (Å²) in [6, 6.07) is 14.2. The van der Waals surface area contributed by atoms with Gasteiger partial charge in [0.15, 0.2) is 0 Å². The highest BCUT2D eigenvalue weighted by atomic mass is 32.2. The highest BCUT2D eigenvalue weighted by Gasteiger charge is 2.23.